The molecule has 86 valence electrons. The van der Waals surface area contributed by atoms with Crippen LogP contribution in [0.4, 0.5) is 0 Å². The Labute approximate surface area is 89.9 Å². The van der Waals surface area contributed by atoms with E-state index in [0.29, 0.717) is 6.04 Å². The molecule has 0 heterocycles. The molecule has 0 saturated carbocycles. The van der Waals surface area contributed by atoms with Crippen LogP contribution in [0, 0.1) is 5.92 Å². The van der Waals surface area contributed by atoms with Crippen LogP contribution >= 0.6 is 0 Å². The largest absolute Gasteiger partial charge is 0.329 e. The molecule has 2 nitrogen and oxygen atoms in total. The third-order valence-electron chi connectivity index (χ3n) is 2.69. The van der Waals surface area contributed by atoms with Crippen LogP contribution in [-0.2, 0) is 0 Å². The highest BCUT2D eigenvalue weighted by atomic mass is 15.1. The molecule has 0 radical (unpaired) electrons. The predicted molar refractivity (Wildman–Crippen MR) is 64.5 cm³/mol. The van der Waals surface area contributed by atoms with Crippen molar-refractivity contribution in [2.75, 3.05) is 20.1 Å². The molecule has 1 atom stereocenters. The summed E-state index contributed by atoms with van der Waals surface area (Å²) in [5, 5.41) is 0. The van der Waals surface area contributed by atoms with Crippen LogP contribution in [0.3, 0.4) is 0 Å². The van der Waals surface area contributed by atoms with Crippen molar-refractivity contribution in [2.45, 2.75) is 52.5 Å². The monoisotopic (exact) mass is 200 g/mol. The van der Waals surface area contributed by atoms with Gasteiger partial charge < -0.3 is 10.6 Å². The SMILES string of the molecule is CCCCCC(CN)N(C)CC(C)C. The lowest BCUT2D eigenvalue weighted by Crippen LogP contribution is -2.39. The summed E-state index contributed by atoms with van der Waals surface area (Å²) in [5.74, 6) is 0.736. The van der Waals surface area contributed by atoms with E-state index < -0.39 is 0 Å². The molecule has 0 aromatic rings. The summed E-state index contributed by atoms with van der Waals surface area (Å²) < 4.78 is 0. The molecule has 0 aliphatic rings. The Morgan fingerprint density at radius 3 is 2.29 bits per heavy atom. The number of unbranched alkanes of at least 4 members (excludes halogenated alkanes) is 2. The van der Waals surface area contributed by atoms with E-state index in [9.17, 15) is 0 Å². The van der Waals surface area contributed by atoms with E-state index >= 15 is 0 Å². The van der Waals surface area contributed by atoms with E-state index in [-0.39, 0.29) is 0 Å². The second-order valence-corrected chi connectivity index (χ2v) is 4.72. The fraction of sp³-hybridized carbons (Fsp3) is 1.00. The van der Waals surface area contributed by atoms with Crippen molar-refractivity contribution in [3.63, 3.8) is 0 Å². The highest BCUT2D eigenvalue weighted by Crippen LogP contribution is 2.09. The van der Waals surface area contributed by atoms with Gasteiger partial charge in [-0.05, 0) is 19.4 Å². The van der Waals surface area contributed by atoms with Crippen molar-refractivity contribution < 1.29 is 0 Å². The van der Waals surface area contributed by atoms with Crippen LogP contribution in [0.15, 0.2) is 0 Å². The summed E-state index contributed by atoms with van der Waals surface area (Å²) in [6, 6.07) is 0.587. The van der Waals surface area contributed by atoms with Crippen molar-refractivity contribution in [3.05, 3.63) is 0 Å². The average Bonchev–Trinajstić information content (AvgIpc) is 2.11. The molecule has 0 rings (SSSR count). The molecule has 0 aliphatic carbocycles. The molecule has 0 fully saturated rings. The second kappa shape index (κ2) is 8.25. The van der Waals surface area contributed by atoms with Gasteiger partial charge in [-0.3, -0.25) is 0 Å². The number of hydrogen-bond acceptors (Lipinski definition) is 2. The molecule has 0 aromatic heterocycles. The minimum atomic E-state index is 0.587. The van der Waals surface area contributed by atoms with Crippen LogP contribution < -0.4 is 5.73 Å². The van der Waals surface area contributed by atoms with Gasteiger partial charge in [-0.2, -0.15) is 0 Å². The van der Waals surface area contributed by atoms with E-state index in [1.54, 1.807) is 0 Å². The first-order chi connectivity index (χ1) is 6.61. The van der Waals surface area contributed by atoms with Gasteiger partial charge in [0.15, 0.2) is 0 Å². The van der Waals surface area contributed by atoms with Crippen molar-refractivity contribution in [1.29, 1.82) is 0 Å². The molecule has 2 N–H and O–H groups in total. The van der Waals surface area contributed by atoms with Crippen molar-refractivity contribution >= 4 is 0 Å². The number of rotatable bonds is 8. The van der Waals surface area contributed by atoms with E-state index in [1.165, 1.54) is 25.7 Å². The zero-order chi connectivity index (χ0) is 11.0. The normalized spacial score (nSPS) is 13.9. The van der Waals surface area contributed by atoms with Gasteiger partial charge in [0.25, 0.3) is 0 Å². The van der Waals surface area contributed by atoms with Crippen molar-refractivity contribution in [3.8, 4) is 0 Å². The third kappa shape index (κ3) is 6.39. The van der Waals surface area contributed by atoms with E-state index in [4.69, 9.17) is 5.73 Å². The maximum atomic E-state index is 5.79. The van der Waals surface area contributed by atoms with Gasteiger partial charge in [0.1, 0.15) is 0 Å². The Kier molecular flexibility index (Phi) is 8.20. The van der Waals surface area contributed by atoms with Crippen LogP contribution in [0.5, 0.6) is 0 Å². The second-order valence-electron chi connectivity index (χ2n) is 4.72. The van der Waals surface area contributed by atoms with Crippen LogP contribution in [0.2, 0.25) is 0 Å². The van der Waals surface area contributed by atoms with Crippen molar-refractivity contribution in [2.24, 2.45) is 11.7 Å². The number of hydrogen-bond donors (Lipinski definition) is 1. The van der Waals surface area contributed by atoms with Gasteiger partial charge in [0, 0.05) is 19.1 Å². The zero-order valence-electron chi connectivity index (χ0n) is 10.4. The summed E-state index contributed by atoms with van der Waals surface area (Å²) in [6.07, 6.45) is 5.21. The lowest BCUT2D eigenvalue weighted by molar-refractivity contribution is 0.208. The molecule has 0 aromatic carbocycles. The molecule has 1 unspecified atom stereocenters. The van der Waals surface area contributed by atoms with Gasteiger partial charge in [0.2, 0.25) is 0 Å². The summed E-state index contributed by atoms with van der Waals surface area (Å²) >= 11 is 0. The average molecular weight is 200 g/mol. The first kappa shape index (κ1) is 13.9. The van der Waals surface area contributed by atoms with Crippen LogP contribution in [0.1, 0.15) is 46.5 Å². The Bertz CT molecular complexity index is 123. The van der Waals surface area contributed by atoms with Gasteiger partial charge in [-0.15, -0.1) is 0 Å². The highest BCUT2D eigenvalue weighted by molar-refractivity contribution is 4.70. The molecule has 0 aliphatic heterocycles. The van der Waals surface area contributed by atoms with Gasteiger partial charge >= 0.3 is 0 Å². The number of nitrogens with zero attached hydrogens (tertiary/aromatic N) is 1. The fourth-order valence-electron chi connectivity index (χ4n) is 1.87. The molecule has 2 heteroatoms. The first-order valence-electron chi connectivity index (χ1n) is 6.02. The van der Waals surface area contributed by atoms with Gasteiger partial charge in [0.05, 0.1) is 0 Å². The Morgan fingerprint density at radius 1 is 1.21 bits per heavy atom. The predicted octanol–water partition coefficient (Wildman–Crippen LogP) is 2.48. The number of likely N-dealkylation sites (N-methyl/N-ethyl adjacent to an activating group) is 1. The lowest BCUT2D eigenvalue weighted by Gasteiger charge is -2.28. The molecular weight excluding hydrogens is 172 g/mol. The van der Waals surface area contributed by atoms with Crippen LogP contribution in [0.25, 0.3) is 0 Å². The minimum Gasteiger partial charge on any atom is -0.329 e. The lowest BCUT2D eigenvalue weighted by atomic mass is 10.1. The Morgan fingerprint density at radius 2 is 1.86 bits per heavy atom. The van der Waals surface area contributed by atoms with E-state index in [0.717, 1.165) is 19.0 Å². The van der Waals surface area contributed by atoms with Gasteiger partial charge in [-0.25, -0.2) is 0 Å². The number of nitrogens with two attached hydrogens (primary N) is 1. The quantitative estimate of drug-likeness (QED) is 0.610. The molecule has 0 saturated heterocycles. The molecule has 0 spiro atoms. The summed E-state index contributed by atoms with van der Waals surface area (Å²) in [7, 11) is 2.20. The topological polar surface area (TPSA) is 29.3 Å². The van der Waals surface area contributed by atoms with Crippen LogP contribution in [-0.4, -0.2) is 31.1 Å². The molecule has 14 heavy (non-hydrogen) atoms. The highest BCUT2D eigenvalue weighted by Gasteiger charge is 2.13. The molecule has 0 bridgehead atoms. The third-order valence-corrected chi connectivity index (χ3v) is 2.69. The first-order valence-corrected chi connectivity index (χ1v) is 6.02. The molecule has 0 amide bonds. The van der Waals surface area contributed by atoms with E-state index in [1.807, 2.05) is 0 Å². The maximum absolute atomic E-state index is 5.79. The van der Waals surface area contributed by atoms with Crippen molar-refractivity contribution in [1.82, 2.24) is 4.90 Å². The van der Waals surface area contributed by atoms with Gasteiger partial charge in [-0.1, -0.05) is 40.0 Å². The van der Waals surface area contributed by atoms with E-state index in [2.05, 4.69) is 32.7 Å². The minimum absolute atomic E-state index is 0.587. The standard InChI is InChI=1S/C12H28N2/c1-5-6-7-8-12(9-13)14(4)10-11(2)3/h11-12H,5-10,13H2,1-4H3. The molecular formula is C12H28N2. The summed E-state index contributed by atoms with van der Waals surface area (Å²) in [4.78, 5) is 2.42. The zero-order valence-corrected chi connectivity index (χ0v) is 10.4. The Hall–Kier alpha value is -0.0800. The maximum Gasteiger partial charge on any atom is 0.0215 e. The smallest absolute Gasteiger partial charge is 0.0215 e. The summed E-state index contributed by atoms with van der Waals surface area (Å²) in [6.45, 7) is 8.72. The Balaban J connectivity index is 3.74. The summed E-state index contributed by atoms with van der Waals surface area (Å²) in [5.41, 5.74) is 5.79. The fourth-order valence-corrected chi connectivity index (χ4v) is 1.87.